The molecule has 1 aromatic carbocycles. The van der Waals surface area contributed by atoms with Crippen molar-refractivity contribution < 1.29 is 14.4 Å². The first-order valence-corrected chi connectivity index (χ1v) is 14.1. The third-order valence-corrected chi connectivity index (χ3v) is 8.63. The van der Waals surface area contributed by atoms with Crippen LogP contribution in [0, 0.1) is 11.3 Å². The van der Waals surface area contributed by atoms with E-state index in [-0.39, 0.29) is 28.9 Å². The molecule has 0 aliphatic carbocycles. The van der Waals surface area contributed by atoms with Crippen LogP contribution in [0.5, 0.6) is 0 Å². The van der Waals surface area contributed by atoms with E-state index in [1.165, 1.54) is 11.3 Å². The number of rotatable bonds is 7. The molecule has 1 aliphatic heterocycles. The van der Waals surface area contributed by atoms with E-state index in [4.69, 9.17) is 0 Å². The zero-order valence-electron chi connectivity index (χ0n) is 25.4. The Morgan fingerprint density at radius 3 is 2.28 bits per heavy atom. The lowest BCUT2D eigenvalue weighted by Gasteiger charge is -2.45. The molecule has 214 valence electrons. The van der Waals surface area contributed by atoms with Crippen molar-refractivity contribution in [3.63, 3.8) is 0 Å². The Balaban J connectivity index is 1.98. The number of thiol groups is 1. The Bertz CT molecular complexity index is 1300. The quantitative estimate of drug-likeness (QED) is 0.385. The summed E-state index contributed by atoms with van der Waals surface area (Å²) < 4.78 is 2.23. The lowest BCUT2D eigenvalue weighted by Crippen LogP contribution is -2.63. The van der Waals surface area contributed by atoms with Crippen molar-refractivity contribution in [1.82, 2.24) is 19.7 Å². The number of carbonyl (C=O) groups excluding carboxylic acids is 3. The fourth-order valence-electron chi connectivity index (χ4n) is 6.19. The van der Waals surface area contributed by atoms with Gasteiger partial charge in [-0.05, 0) is 36.9 Å². The third-order valence-electron chi connectivity index (χ3n) is 8.28. The first-order valence-electron chi connectivity index (χ1n) is 13.7. The number of benzene rings is 1. The van der Waals surface area contributed by atoms with Crippen LogP contribution in [-0.2, 0) is 33.4 Å². The summed E-state index contributed by atoms with van der Waals surface area (Å²) in [5, 5.41) is 4.01. The van der Waals surface area contributed by atoms with Gasteiger partial charge in [0.05, 0.1) is 12.1 Å². The Morgan fingerprint density at radius 1 is 1.15 bits per heavy atom. The van der Waals surface area contributed by atoms with Gasteiger partial charge in [-0.3, -0.25) is 19.3 Å². The van der Waals surface area contributed by atoms with Gasteiger partial charge in [-0.15, -0.1) is 12.6 Å². The molecule has 8 heteroatoms. The molecule has 3 atom stereocenters. The summed E-state index contributed by atoms with van der Waals surface area (Å²) in [6, 6.07) is 6.78. The molecule has 0 radical (unpaired) electrons. The first-order chi connectivity index (χ1) is 17.9. The highest BCUT2D eigenvalue weighted by Gasteiger charge is 2.48. The van der Waals surface area contributed by atoms with Gasteiger partial charge in [0.2, 0.25) is 16.9 Å². The van der Waals surface area contributed by atoms with Gasteiger partial charge in [-0.1, -0.05) is 72.7 Å². The topological polar surface area (TPSA) is 74.7 Å². The molecule has 0 saturated heterocycles. The van der Waals surface area contributed by atoms with Crippen LogP contribution in [-0.4, -0.2) is 63.5 Å². The van der Waals surface area contributed by atoms with Crippen molar-refractivity contribution >= 4 is 40.5 Å². The summed E-state index contributed by atoms with van der Waals surface area (Å²) in [6.45, 7) is 16.5. The normalized spacial score (nSPS) is 19.5. The maximum Gasteiger partial charge on any atom is 0.245 e. The molecule has 2 amide bonds. The highest BCUT2D eigenvalue weighted by Crippen LogP contribution is 2.43. The van der Waals surface area contributed by atoms with E-state index < -0.39 is 22.9 Å². The molecule has 0 saturated carbocycles. The van der Waals surface area contributed by atoms with E-state index >= 15 is 0 Å². The van der Waals surface area contributed by atoms with Gasteiger partial charge in [-0.25, -0.2) is 0 Å². The van der Waals surface area contributed by atoms with Crippen LogP contribution in [0.4, 0.5) is 0 Å². The first kappa shape index (κ1) is 31.0. The van der Waals surface area contributed by atoms with Gasteiger partial charge < -0.3 is 14.8 Å². The number of aromatic nitrogens is 1. The molecular weight excluding hydrogens is 508 g/mol. The summed E-state index contributed by atoms with van der Waals surface area (Å²) >= 11 is 3.94. The number of para-hydroxylation sites is 1. The lowest BCUT2D eigenvalue weighted by molar-refractivity contribution is -0.142. The third kappa shape index (κ3) is 5.82. The zero-order chi connectivity index (χ0) is 29.6. The molecule has 0 spiro atoms. The van der Waals surface area contributed by atoms with Crippen LogP contribution < -0.4 is 5.32 Å². The molecule has 1 N–H and O–H groups in total. The van der Waals surface area contributed by atoms with Crippen molar-refractivity contribution in [3.05, 3.63) is 47.2 Å². The molecule has 3 unspecified atom stereocenters. The number of hydrogen-bond acceptors (Lipinski definition) is 4. The largest absolute Gasteiger partial charge is 0.346 e. The Morgan fingerprint density at radius 2 is 1.74 bits per heavy atom. The van der Waals surface area contributed by atoms with E-state index in [2.05, 4.69) is 60.4 Å². The number of fused-ring (bicyclic) bond motifs is 3. The van der Waals surface area contributed by atoms with Crippen molar-refractivity contribution in [1.29, 1.82) is 0 Å². The summed E-state index contributed by atoms with van der Waals surface area (Å²) in [7, 11) is 5.80. The summed E-state index contributed by atoms with van der Waals surface area (Å²) in [4.78, 5) is 43.7. The molecule has 2 aromatic rings. The fourth-order valence-corrected chi connectivity index (χ4v) is 6.27. The van der Waals surface area contributed by atoms with E-state index in [9.17, 15) is 14.4 Å². The van der Waals surface area contributed by atoms with Gasteiger partial charge in [0.1, 0.15) is 6.04 Å². The highest BCUT2D eigenvalue weighted by molar-refractivity contribution is 7.97. The zero-order valence-corrected chi connectivity index (χ0v) is 26.3. The van der Waals surface area contributed by atoms with E-state index in [1.807, 2.05) is 53.8 Å². The molecule has 1 aliphatic rings. The van der Waals surface area contributed by atoms with Crippen molar-refractivity contribution in [2.24, 2.45) is 18.4 Å². The molecule has 0 bridgehead atoms. The molecule has 0 fully saturated rings. The number of likely N-dealkylation sites (N-methyl/N-ethyl adjacent to an activating group) is 2. The smallest absolute Gasteiger partial charge is 0.245 e. The number of aryl methyl sites for hydroxylation is 1. The molecular formula is C31H46N4O3S. The Hall–Kier alpha value is -2.58. The maximum atomic E-state index is 14.1. The van der Waals surface area contributed by atoms with Gasteiger partial charge in [-0.2, -0.15) is 0 Å². The minimum absolute atomic E-state index is 0.0612. The van der Waals surface area contributed by atoms with Crippen LogP contribution in [0.3, 0.4) is 0 Å². The maximum absolute atomic E-state index is 14.1. The van der Waals surface area contributed by atoms with E-state index in [0.29, 0.717) is 12.1 Å². The summed E-state index contributed by atoms with van der Waals surface area (Å²) in [5.41, 5.74) is 2.99. The predicted molar refractivity (Wildman–Crippen MR) is 162 cm³/mol. The van der Waals surface area contributed by atoms with Gasteiger partial charge in [0.25, 0.3) is 0 Å². The number of amides is 2. The van der Waals surface area contributed by atoms with Crippen LogP contribution in [0.25, 0.3) is 10.9 Å². The van der Waals surface area contributed by atoms with Gasteiger partial charge >= 0.3 is 0 Å². The molecule has 39 heavy (non-hydrogen) atoms. The van der Waals surface area contributed by atoms with Gasteiger partial charge in [0, 0.05) is 48.2 Å². The van der Waals surface area contributed by atoms with E-state index in [1.54, 1.807) is 24.9 Å². The average Bonchev–Trinajstić information content (AvgIpc) is 3.11. The second-order valence-electron chi connectivity index (χ2n) is 13.1. The number of nitrogens with one attached hydrogen (secondary N) is 1. The fraction of sp³-hybridized carbons (Fsp3) is 0.581. The van der Waals surface area contributed by atoms with Crippen molar-refractivity contribution in [3.8, 4) is 0 Å². The minimum Gasteiger partial charge on any atom is -0.346 e. The summed E-state index contributed by atoms with van der Waals surface area (Å²) in [6.07, 6.45) is 1.79. The van der Waals surface area contributed by atoms with Crippen molar-refractivity contribution in [2.75, 3.05) is 14.1 Å². The Kier molecular flexibility index (Phi) is 8.83. The minimum atomic E-state index is -0.755. The standard InChI is InChI=1S/C31H46N4O3S/c1-18(2)22(16-19(3)29(38)39)35(11)28(37)25(30(4,5)6)32-27(36)26-31(7,8)24-20-14-12-13-15-21(20)34(10)23(24)17-33(26)9/h12-16,18,22,25-26H,17H2,1-11H3,(H,32,36)(H,38,39). The molecule has 1 aromatic heterocycles. The monoisotopic (exact) mass is 554 g/mol. The number of nitrogens with zero attached hydrogens (tertiary/aromatic N) is 3. The number of carbonyl (C=O) groups is 3. The molecule has 2 heterocycles. The number of hydrogen-bond donors (Lipinski definition) is 2. The average molecular weight is 555 g/mol. The predicted octanol–water partition coefficient (Wildman–Crippen LogP) is 4.69. The van der Waals surface area contributed by atoms with Crippen LogP contribution in [0.1, 0.15) is 66.6 Å². The van der Waals surface area contributed by atoms with E-state index in [0.717, 1.165) is 10.9 Å². The Labute approximate surface area is 239 Å². The van der Waals surface area contributed by atoms with Gasteiger partial charge in [0.15, 0.2) is 0 Å². The second-order valence-corrected chi connectivity index (χ2v) is 13.5. The van der Waals surface area contributed by atoms with Crippen LogP contribution in [0.2, 0.25) is 0 Å². The summed E-state index contributed by atoms with van der Waals surface area (Å²) in [5.74, 6) is -0.292. The SMILES string of the molecule is CC(=CC(C(C)C)N(C)C(=O)C(NC(=O)C1N(C)Cc2c(c3ccccc3n2C)C1(C)C)C(C)(C)C)C(=O)S. The van der Waals surface area contributed by atoms with Crippen LogP contribution >= 0.6 is 12.6 Å². The molecule has 3 rings (SSSR count). The highest BCUT2D eigenvalue weighted by atomic mass is 32.1. The van der Waals surface area contributed by atoms with Crippen LogP contribution in [0.15, 0.2) is 35.9 Å². The van der Waals surface area contributed by atoms with Crippen molar-refractivity contribution in [2.45, 2.75) is 85.5 Å². The second kappa shape index (κ2) is 11.1. The molecule has 7 nitrogen and oxygen atoms in total. The lowest BCUT2D eigenvalue weighted by atomic mass is 9.72.